The molecule has 2 N–H and O–H groups in total. The molecule has 1 amide bonds. The number of nitrogens with one attached hydrogen (secondary N) is 2. The van der Waals surface area contributed by atoms with E-state index in [4.69, 9.17) is 23.2 Å². The number of aryl methyl sites for hydroxylation is 1. The van der Waals surface area contributed by atoms with Gasteiger partial charge in [0.2, 0.25) is 0 Å². The normalized spacial score (nSPS) is 11.8. The highest BCUT2D eigenvalue weighted by Gasteiger charge is 2.34. The molecule has 174 valence electrons. The van der Waals surface area contributed by atoms with Gasteiger partial charge in [0.05, 0.1) is 22.0 Å². The van der Waals surface area contributed by atoms with Gasteiger partial charge in [-0.05, 0) is 67.4 Å². The lowest BCUT2D eigenvalue weighted by Gasteiger charge is -2.15. The van der Waals surface area contributed by atoms with Crippen LogP contribution in [0.4, 0.5) is 24.5 Å². The minimum absolute atomic E-state index is 0.155. The molecule has 0 unspecified atom stereocenters. The number of anilines is 2. The highest BCUT2D eigenvalue weighted by atomic mass is 35.5. The number of carbonyl (C=O) groups excluding carboxylic acids is 1. The molecule has 0 radical (unpaired) electrons. The lowest BCUT2D eigenvalue weighted by molar-refractivity contribution is -0.136. The van der Waals surface area contributed by atoms with E-state index in [9.17, 15) is 26.4 Å². The van der Waals surface area contributed by atoms with Crippen molar-refractivity contribution >= 4 is 50.5 Å². The summed E-state index contributed by atoms with van der Waals surface area (Å²) in [6.45, 7) is 3.56. The Balaban J connectivity index is 1.95. The van der Waals surface area contributed by atoms with Crippen LogP contribution in [0.2, 0.25) is 10.0 Å². The number of sulfonamides is 1. The number of hydrogen-bond donors (Lipinski definition) is 2. The van der Waals surface area contributed by atoms with Crippen molar-refractivity contribution < 1.29 is 26.4 Å². The van der Waals surface area contributed by atoms with Crippen molar-refractivity contribution in [2.75, 3.05) is 10.0 Å². The summed E-state index contributed by atoms with van der Waals surface area (Å²) < 4.78 is 68.3. The van der Waals surface area contributed by atoms with Crippen LogP contribution in [-0.2, 0) is 16.2 Å². The minimum atomic E-state index is -4.77. The maximum Gasteiger partial charge on any atom is 0.418 e. The van der Waals surface area contributed by atoms with Crippen LogP contribution >= 0.6 is 23.2 Å². The van der Waals surface area contributed by atoms with Gasteiger partial charge in [0.15, 0.2) is 0 Å². The van der Waals surface area contributed by atoms with Gasteiger partial charge in [-0.2, -0.15) is 13.2 Å². The molecule has 0 saturated carbocycles. The topological polar surface area (TPSA) is 75.3 Å². The number of amides is 1. The molecule has 0 aromatic heterocycles. The molecule has 0 spiro atoms. The zero-order valence-corrected chi connectivity index (χ0v) is 19.5. The highest BCUT2D eigenvalue weighted by Crippen LogP contribution is 2.37. The molecule has 0 aliphatic heterocycles. The average Bonchev–Trinajstić information content (AvgIpc) is 2.72. The van der Waals surface area contributed by atoms with E-state index in [1.807, 2.05) is 13.0 Å². The Bertz CT molecular complexity index is 1340. The summed E-state index contributed by atoms with van der Waals surface area (Å²) in [6, 6.07) is 11.3. The fourth-order valence-corrected chi connectivity index (χ4v) is 4.79. The Hall–Kier alpha value is -2.75. The first-order chi connectivity index (χ1) is 15.3. The molecule has 0 fully saturated rings. The fourth-order valence-electron chi connectivity index (χ4n) is 2.97. The van der Waals surface area contributed by atoms with Crippen molar-refractivity contribution in [1.82, 2.24) is 0 Å². The molecule has 0 saturated heterocycles. The highest BCUT2D eigenvalue weighted by molar-refractivity contribution is 7.92. The lowest BCUT2D eigenvalue weighted by atomic mass is 10.1. The Labute approximate surface area is 198 Å². The van der Waals surface area contributed by atoms with Gasteiger partial charge in [-0.15, -0.1) is 0 Å². The van der Waals surface area contributed by atoms with Gasteiger partial charge >= 0.3 is 6.18 Å². The van der Waals surface area contributed by atoms with Crippen molar-refractivity contribution in [2.24, 2.45) is 0 Å². The summed E-state index contributed by atoms with van der Waals surface area (Å²) in [5, 5.41) is 1.83. The Morgan fingerprint density at radius 3 is 2.30 bits per heavy atom. The van der Waals surface area contributed by atoms with Gasteiger partial charge in [0.1, 0.15) is 4.90 Å². The SMILES string of the molecule is Cc1cccc(NS(=O)(=O)c2cc(C(=O)Nc3ccc(Cl)cc3C(F)(F)F)ccc2Cl)c1C. The molecule has 5 nitrogen and oxygen atoms in total. The van der Waals surface area contributed by atoms with E-state index in [-0.39, 0.29) is 15.6 Å². The van der Waals surface area contributed by atoms with E-state index in [1.54, 1.807) is 19.1 Å². The van der Waals surface area contributed by atoms with Gasteiger partial charge in [0.25, 0.3) is 15.9 Å². The number of halogens is 5. The predicted octanol–water partition coefficient (Wildman–Crippen LogP) is 6.68. The molecular formula is C22H17Cl2F3N2O3S. The van der Waals surface area contributed by atoms with E-state index in [2.05, 4.69) is 10.0 Å². The number of carbonyl (C=O) groups is 1. The molecule has 0 aliphatic rings. The Kier molecular flexibility index (Phi) is 6.97. The molecular weight excluding hydrogens is 500 g/mol. The molecule has 3 aromatic carbocycles. The predicted molar refractivity (Wildman–Crippen MR) is 123 cm³/mol. The molecule has 3 rings (SSSR count). The van der Waals surface area contributed by atoms with E-state index < -0.39 is 38.3 Å². The molecule has 0 heterocycles. The second-order valence-electron chi connectivity index (χ2n) is 7.14. The standard InChI is InChI=1S/C22H17Cl2F3N2O3S/c1-12-4-3-5-18(13(12)2)29-33(31,32)20-10-14(6-8-17(20)24)21(30)28-19-9-7-15(23)11-16(19)22(25,26)27/h3-11,29H,1-2H3,(H,28,30). The summed E-state index contributed by atoms with van der Waals surface area (Å²) in [5.74, 6) is -0.956. The van der Waals surface area contributed by atoms with Crippen LogP contribution in [0.25, 0.3) is 0 Å². The second kappa shape index (κ2) is 9.24. The zero-order valence-electron chi connectivity index (χ0n) is 17.2. The molecule has 0 atom stereocenters. The van der Waals surface area contributed by atoms with Crippen molar-refractivity contribution in [1.29, 1.82) is 0 Å². The lowest BCUT2D eigenvalue weighted by Crippen LogP contribution is -2.18. The Morgan fingerprint density at radius 2 is 1.64 bits per heavy atom. The summed E-state index contributed by atoms with van der Waals surface area (Å²) in [7, 11) is -4.21. The monoisotopic (exact) mass is 516 g/mol. The van der Waals surface area contributed by atoms with Crippen molar-refractivity contribution in [3.8, 4) is 0 Å². The third kappa shape index (κ3) is 5.61. The second-order valence-corrected chi connectivity index (χ2v) is 9.63. The average molecular weight is 517 g/mol. The first-order valence-electron chi connectivity index (χ1n) is 9.36. The van der Waals surface area contributed by atoms with E-state index in [0.29, 0.717) is 17.3 Å². The van der Waals surface area contributed by atoms with Crippen molar-refractivity contribution in [3.63, 3.8) is 0 Å². The van der Waals surface area contributed by atoms with E-state index in [0.717, 1.165) is 17.7 Å². The first-order valence-corrected chi connectivity index (χ1v) is 11.6. The van der Waals surface area contributed by atoms with Gasteiger partial charge in [-0.3, -0.25) is 9.52 Å². The minimum Gasteiger partial charge on any atom is -0.321 e. The van der Waals surface area contributed by atoms with Crippen LogP contribution in [0.15, 0.2) is 59.5 Å². The van der Waals surface area contributed by atoms with Gasteiger partial charge in [-0.25, -0.2) is 8.42 Å². The quantitative estimate of drug-likeness (QED) is 0.397. The van der Waals surface area contributed by atoms with Crippen LogP contribution in [0.5, 0.6) is 0 Å². The zero-order chi connectivity index (χ0) is 24.6. The first kappa shape index (κ1) is 24.9. The van der Waals surface area contributed by atoms with Crippen molar-refractivity contribution in [2.45, 2.75) is 24.9 Å². The van der Waals surface area contributed by atoms with Crippen LogP contribution in [0.1, 0.15) is 27.0 Å². The number of hydrogen-bond acceptors (Lipinski definition) is 3. The van der Waals surface area contributed by atoms with Crippen LogP contribution in [0, 0.1) is 13.8 Å². The number of benzene rings is 3. The van der Waals surface area contributed by atoms with E-state index in [1.165, 1.54) is 18.2 Å². The maximum atomic E-state index is 13.3. The third-order valence-corrected chi connectivity index (χ3v) is 6.95. The van der Waals surface area contributed by atoms with Crippen LogP contribution in [-0.4, -0.2) is 14.3 Å². The molecule has 11 heteroatoms. The molecule has 33 heavy (non-hydrogen) atoms. The largest absolute Gasteiger partial charge is 0.418 e. The van der Waals surface area contributed by atoms with Gasteiger partial charge in [-0.1, -0.05) is 35.3 Å². The summed E-state index contributed by atoms with van der Waals surface area (Å²) in [6.07, 6.45) is -4.77. The maximum absolute atomic E-state index is 13.3. The number of rotatable bonds is 5. The summed E-state index contributed by atoms with van der Waals surface area (Å²) in [5.41, 5.74) is 0.0265. The van der Waals surface area contributed by atoms with Gasteiger partial charge in [0, 0.05) is 10.6 Å². The summed E-state index contributed by atoms with van der Waals surface area (Å²) >= 11 is 11.7. The molecule has 0 bridgehead atoms. The van der Waals surface area contributed by atoms with Gasteiger partial charge < -0.3 is 5.32 Å². The smallest absolute Gasteiger partial charge is 0.321 e. The van der Waals surface area contributed by atoms with Crippen LogP contribution < -0.4 is 10.0 Å². The van der Waals surface area contributed by atoms with Crippen LogP contribution in [0.3, 0.4) is 0 Å². The molecule has 3 aromatic rings. The Morgan fingerprint density at radius 1 is 0.939 bits per heavy atom. The molecule has 0 aliphatic carbocycles. The van der Waals surface area contributed by atoms with E-state index >= 15 is 0 Å². The van der Waals surface area contributed by atoms with Crippen molar-refractivity contribution in [3.05, 3.63) is 86.9 Å². The fraction of sp³-hybridized carbons (Fsp3) is 0.136. The number of alkyl halides is 3. The third-order valence-electron chi connectivity index (χ3n) is 4.87. The summed E-state index contributed by atoms with van der Waals surface area (Å²) in [4.78, 5) is 12.3.